The van der Waals surface area contributed by atoms with Crippen molar-refractivity contribution in [2.45, 2.75) is 37.3 Å². The van der Waals surface area contributed by atoms with Crippen molar-refractivity contribution in [2.24, 2.45) is 5.92 Å². The van der Waals surface area contributed by atoms with Gasteiger partial charge in [-0.3, -0.25) is 14.9 Å². The van der Waals surface area contributed by atoms with Gasteiger partial charge >= 0.3 is 0 Å². The van der Waals surface area contributed by atoms with Crippen molar-refractivity contribution in [3.63, 3.8) is 0 Å². The molecule has 3 aliphatic rings. The summed E-state index contributed by atoms with van der Waals surface area (Å²) in [6.07, 6.45) is 7.50. The van der Waals surface area contributed by atoms with Crippen LogP contribution in [0.4, 0.5) is 11.4 Å². The van der Waals surface area contributed by atoms with Crippen LogP contribution in [0.15, 0.2) is 54.6 Å². The van der Waals surface area contributed by atoms with Gasteiger partial charge < -0.3 is 15.4 Å². The molecule has 2 N–H and O–H groups in total. The molecule has 0 spiro atoms. The highest BCUT2D eigenvalue weighted by atomic mass is 16.6. The van der Waals surface area contributed by atoms with Crippen molar-refractivity contribution >= 4 is 17.3 Å². The number of hydrogen-bond acceptors (Lipinski definition) is 5. The van der Waals surface area contributed by atoms with E-state index in [1.165, 1.54) is 0 Å². The molecule has 31 heavy (non-hydrogen) atoms. The fraction of sp³-hybridized carbons (Fsp3) is 0.375. The standard InChI is InChI=1S/C24H25N3O4/c28-24(25-14-18-3-2-12-31-18)16-8-11-22-21(13-16)19-4-1-5-20(19)23(26-22)15-6-9-17(10-7-15)27(29)30/h1,4,6-11,13,18-20,23,26H,2-3,5,12,14H2,(H,25,28). The summed E-state index contributed by atoms with van der Waals surface area (Å²) in [5, 5.41) is 17.6. The lowest BCUT2D eigenvalue weighted by atomic mass is 9.76. The molecule has 7 nitrogen and oxygen atoms in total. The number of nitrogens with one attached hydrogen (secondary N) is 2. The fourth-order valence-corrected chi connectivity index (χ4v) is 4.98. The average Bonchev–Trinajstić information content (AvgIpc) is 3.49. The van der Waals surface area contributed by atoms with Crippen molar-refractivity contribution < 1.29 is 14.5 Å². The molecule has 4 unspecified atom stereocenters. The summed E-state index contributed by atoms with van der Waals surface area (Å²) in [5.41, 5.74) is 3.92. The zero-order valence-corrected chi connectivity index (χ0v) is 17.1. The molecule has 1 aliphatic carbocycles. The van der Waals surface area contributed by atoms with Gasteiger partial charge in [0, 0.05) is 42.5 Å². The third-order valence-corrected chi connectivity index (χ3v) is 6.60. The van der Waals surface area contributed by atoms with Crippen LogP contribution in [0.3, 0.4) is 0 Å². The number of non-ortho nitro benzene ring substituents is 1. The summed E-state index contributed by atoms with van der Waals surface area (Å²) in [6.45, 7) is 1.32. The second-order valence-corrected chi connectivity index (χ2v) is 8.47. The Morgan fingerprint density at radius 1 is 1.23 bits per heavy atom. The summed E-state index contributed by atoms with van der Waals surface area (Å²) >= 11 is 0. The topological polar surface area (TPSA) is 93.5 Å². The number of nitro benzene ring substituents is 1. The van der Waals surface area contributed by atoms with Crippen molar-refractivity contribution in [3.8, 4) is 0 Å². The average molecular weight is 419 g/mol. The number of nitro groups is 1. The maximum absolute atomic E-state index is 12.7. The minimum absolute atomic E-state index is 0.0625. The zero-order chi connectivity index (χ0) is 21.4. The van der Waals surface area contributed by atoms with Crippen LogP contribution in [0.25, 0.3) is 0 Å². The van der Waals surface area contributed by atoms with Gasteiger partial charge in [0.05, 0.1) is 17.1 Å². The fourth-order valence-electron chi connectivity index (χ4n) is 4.98. The second kappa shape index (κ2) is 8.15. The molecule has 2 heterocycles. The summed E-state index contributed by atoms with van der Waals surface area (Å²) < 4.78 is 5.59. The van der Waals surface area contributed by atoms with E-state index in [2.05, 4.69) is 22.8 Å². The van der Waals surface area contributed by atoms with Gasteiger partial charge in [0.1, 0.15) is 0 Å². The van der Waals surface area contributed by atoms with Crippen molar-refractivity contribution in [1.82, 2.24) is 5.32 Å². The van der Waals surface area contributed by atoms with Crippen LogP contribution in [0.1, 0.15) is 52.7 Å². The Morgan fingerprint density at radius 3 is 2.81 bits per heavy atom. The normalized spacial score (nSPS) is 26.1. The summed E-state index contributed by atoms with van der Waals surface area (Å²) in [5.74, 6) is 0.441. The zero-order valence-electron chi connectivity index (χ0n) is 17.1. The Balaban J connectivity index is 1.37. The van der Waals surface area contributed by atoms with Gasteiger partial charge in [-0.2, -0.15) is 0 Å². The molecule has 2 aromatic carbocycles. The van der Waals surface area contributed by atoms with E-state index in [1.54, 1.807) is 12.1 Å². The SMILES string of the molecule is O=C(NCC1CCCO1)c1ccc2c(c1)C1C=CCC1C(c1ccc([N+](=O)[O-])cc1)N2. The van der Waals surface area contributed by atoms with Gasteiger partial charge in [-0.15, -0.1) is 0 Å². The highest BCUT2D eigenvalue weighted by molar-refractivity contribution is 5.95. The second-order valence-electron chi connectivity index (χ2n) is 8.47. The lowest BCUT2D eigenvalue weighted by Gasteiger charge is -2.37. The van der Waals surface area contributed by atoms with Crippen LogP contribution < -0.4 is 10.6 Å². The number of carbonyl (C=O) groups is 1. The molecular formula is C24H25N3O4. The van der Waals surface area contributed by atoms with Crippen LogP contribution in [0.2, 0.25) is 0 Å². The van der Waals surface area contributed by atoms with E-state index in [0.29, 0.717) is 18.0 Å². The van der Waals surface area contributed by atoms with E-state index in [1.807, 2.05) is 30.3 Å². The number of ether oxygens (including phenoxy) is 1. The summed E-state index contributed by atoms with van der Waals surface area (Å²) in [7, 11) is 0. The molecule has 0 radical (unpaired) electrons. The Bertz CT molecular complexity index is 1030. The maximum atomic E-state index is 12.7. The largest absolute Gasteiger partial charge is 0.378 e. The first-order chi connectivity index (χ1) is 15.1. The van der Waals surface area contributed by atoms with Crippen LogP contribution in [0, 0.1) is 16.0 Å². The van der Waals surface area contributed by atoms with Crippen molar-refractivity contribution in [1.29, 1.82) is 0 Å². The van der Waals surface area contributed by atoms with Crippen LogP contribution in [-0.2, 0) is 4.74 Å². The molecule has 1 amide bonds. The number of carbonyl (C=O) groups excluding carboxylic acids is 1. The number of allylic oxidation sites excluding steroid dienone is 2. The predicted octanol–water partition coefficient (Wildman–Crippen LogP) is 4.33. The molecule has 2 aliphatic heterocycles. The number of amides is 1. The third-order valence-electron chi connectivity index (χ3n) is 6.60. The van der Waals surface area contributed by atoms with Gasteiger partial charge in [-0.25, -0.2) is 0 Å². The number of rotatable bonds is 5. The number of fused-ring (bicyclic) bond motifs is 3. The van der Waals surface area contributed by atoms with Gasteiger partial charge in [-0.05, 0) is 54.5 Å². The number of nitrogens with zero attached hydrogens (tertiary/aromatic N) is 1. The van der Waals surface area contributed by atoms with Gasteiger partial charge in [0.2, 0.25) is 0 Å². The number of hydrogen-bond donors (Lipinski definition) is 2. The first kappa shape index (κ1) is 19.8. The lowest BCUT2D eigenvalue weighted by Crippen LogP contribution is -2.32. The molecule has 0 aromatic heterocycles. The van der Waals surface area contributed by atoms with Crippen molar-refractivity contribution in [3.05, 3.63) is 81.4 Å². The minimum Gasteiger partial charge on any atom is -0.378 e. The van der Waals surface area contributed by atoms with Crippen LogP contribution in [0.5, 0.6) is 0 Å². The summed E-state index contributed by atoms with van der Waals surface area (Å²) in [4.78, 5) is 23.3. The van der Waals surface area contributed by atoms with Crippen LogP contribution >= 0.6 is 0 Å². The number of benzene rings is 2. The molecule has 4 atom stereocenters. The van der Waals surface area contributed by atoms with E-state index < -0.39 is 0 Å². The molecule has 0 bridgehead atoms. The molecule has 7 heteroatoms. The Labute approximate surface area is 180 Å². The Kier molecular flexibility index (Phi) is 5.19. The lowest BCUT2D eigenvalue weighted by molar-refractivity contribution is -0.384. The smallest absolute Gasteiger partial charge is 0.269 e. The Hall–Kier alpha value is -3.19. The highest BCUT2D eigenvalue weighted by Gasteiger charge is 2.38. The molecule has 1 fully saturated rings. The molecule has 2 aromatic rings. The van der Waals surface area contributed by atoms with E-state index in [0.717, 1.165) is 42.7 Å². The maximum Gasteiger partial charge on any atom is 0.269 e. The first-order valence-corrected chi connectivity index (χ1v) is 10.8. The monoisotopic (exact) mass is 419 g/mol. The van der Waals surface area contributed by atoms with Gasteiger partial charge in [-0.1, -0.05) is 24.3 Å². The van der Waals surface area contributed by atoms with Gasteiger partial charge in [0.15, 0.2) is 0 Å². The highest BCUT2D eigenvalue weighted by Crippen LogP contribution is 2.50. The first-order valence-electron chi connectivity index (χ1n) is 10.8. The third kappa shape index (κ3) is 3.81. The van der Waals surface area contributed by atoms with E-state index >= 15 is 0 Å². The van der Waals surface area contributed by atoms with Crippen molar-refractivity contribution in [2.75, 3.05) is 18.5 Å². The molecular weight excluding hydrogens is 394 g/mol. The minimum atomic E-state index is -0.376. The predicted molar refractivity (Wildman–Crippen MR) is 117 cm³/mol. The molecule has 160 valence electrons. The Morgan fingerprint density at radius 2 is 2.06 bits per heavy atom. The van der Waals surface area contributed by atoms with E-state index in [4.69, 9.17) is 4.74 Å². The molecule has 5 rings (SSSR count). The molecule has 0 saturated carbocycles. The van der Waals surface area contributed by atoms with Gasteiger partial charge in [0.25, 0.3) is 11.6 Å². The quantitative estimate of drug-likeness (QED) is 0.427. The number of anilines is 1. The van der Waals surface area contributed by atoms with E-state index in [-0.39, 0.29) is 34.6 Å². The summed E-state index contributed by atoms with van der Waals surface area (Å²) in [6, 6.07) is 12.7. The van der Waals surface area contributed by atoms with Crippen LogP contribution in [-0.4, -0.2) is 30.1 Å². The molecule has 1 saturated heterocycles. The van der Waals surface area contributed by atoms with E-state index in [9.17, 15) is 14.9 Å².